The molecule has 16 heavy (non-hydrogen) atoms. The van der Waals surface area contributed by atoms with Gasteiger partial charge in [-0.15, -0.1) is 0 Å². The predicted octanol–water partition coefficient (Wildman–Crippen LogP) is 1.61. The van der Waals surface area contributed by atoms with Crippen LogP contribution in [0.3, 0.4) is 0 Å². The Kier molecular flexibility index (Phi) is 3.66. The summed E-state index contributed by atoms with van der Waals surface area (Å²) in [6.07, 6.45) is 0. The molecule has 0 aliphatic rings. The van der Waals surface area contributed by atoms with E-state index in [0.717, 1.165) is 10.4 Å². The van der Waals surface area contributed by atoms with Crippen LogP contribution in [0, 0.1) is 10.1 Å². The van der Waals surface area contributed by atoms with Gasteiger partial charge >= 0.3 is 0 Å². The summed E-state index contributed by atoms with van der Waals surface area (Å²) in [6.45, 7) is 0. The van der Waals surface area contributed by atoms with Crippen LogP contribution >= 0.6 is 15.9 Å². The fourth-order valence-corrected chi connectivity index (χ4v) is 2.61. The molecule has 0 saturated carbocycles. The SMILES string of the molecule is CN(C)S(=O)(=O)c1cc(Br)cc([N+](=O)[O-])c1. The first-order valence-electron chi connectivity index (χ1n) is 4.12. The number of nitro groups is 1. The third kappa shape index (κ3) is 2.57. The number of non-ortho nitro benzene ring substituents is 1. The van der Waals surface area contributed by atoms with Crippen molar-refractivity contribution in [1.29, 1.82) is 0 Å². The monoisotopic (exact) mass is 308 g/mol. The molecule has 0 bridgehead atoms. The lowest BCUT2D eigenvalue weighted by Crippen LogP contribution is -2.22. The van der Waals surface area contributed by atoms with Gasteiger partial charge in [0.15, 0.2) is 0 Å². The number of halogens is 1. The zero-order valence-electron chi connectivity index (χ0n) is 8.55. The summed E-state index contributed by atoms with van der Waals surface area (Å²) in [5.74, 6) is 0. The van der Waals surface area contributed by atoms with E-state index >= 15 is 0 Å². The first-order chi connectivity index (χ1) is 7.25. The zero-order valence-corrected chi connectivity index (χ0v) is 10.9. The van der Waals surface area contributed by atoms with Gasteiger partial charge < -0.3 is 0 Å². The number of benzene rings is 1. The summed E-state index contributed by atoms with van der Waals surface area (Å²) in [5, 5.41) is 10.6. The molecule has 0 aromatic heterocycles. The van der Waals surface area contributed by atoms with Crippen LogP contribution in [0.4, 0.5) is 5.69 Å². The van der Waals surface area contributed by atoms with Crippen LogP contribution in [0.15, 0.2) is 27.6 Å². The molecule has 0 amide bonds. The number of hydrogen-bond donors (Lipinski definition) is 0. The molecule has 0 atom stereocenters. The van der Waals surface area contributed by atoms with Gasteiger partial charge in [-0.05, 0) is 6.07 Å². The molecule has 0 fully saturated rings. The van der Waals surface area contributed by atoms with Crippen molar-refractivity contribution < 1.29 is 13.3 Å². The van der Waals surface area contributed by atoms with E-state index in [1.54, 1.807) is 0 Å². The lowest BCUT2D eigenvalue weighted by molar-refractivity contribution is -0.385. The van der Waals surface area contributed by atoms with Gasteiger partial charge in [0.25, 0.3) is 5.69 Å². The Morgan fingerprint density at radius 2 is 1.88 bits per heavy atom. The molecule has 0 spiro atoms. The van der Waals surface area contributed by atoms with Crippen LogP contribution in [-0.4, -0.2) is 31.7 Å². The highest BCUT2D eigenvalue weighted by Crippen LogP contribution is 2.25. The van der Waals surface area contributed by atoms with Crippen molar-refractivity contribution in [3.05, 3.63) is 32.8 Å². The quantitative estimate of drug-likeness (QED) is 0.627. The number of sulfonamides is 1. The largest absolute Gasteiger partial charge is 0.271 e. The van der Waals surface area contributed by atoms with E-state index in [9.17, 15) is 18.5 Å². The van der Waals surface area contributed by atoms with E-state index in [1.165, 1.54) is 26.2 Å². The minimum atomic E-state index is -3.66. The third-order valence-electron chi connectivity index (χ3n) is 1.85. The van der Waals surface area contributed by atoms with Crippen molar-refractivity contribution in [3.63, 3.8) is 0 Å². The summed E-state index contributed by atoms with van der Waals surface area (Å²) >= 11 is 3.04. The average Bonchev–Trinajstić information content (AvgIpc) is 2.16. The molecule has 0 aliphatic heterocycles. The van der Waals surface area contributed by atoms with Crippen LogP contribution in [0.1, 0.15) is 0 Å². The van der Waals surface area contributed by atoms with E-state index < -0.39 is 14.9 Å². The lowest BCUT2D eigenvalue weighted by Gasteiger charge is -2.11. The summed E-state index contributed by atoms with van der Waals surface area (Å²) in [6, 6.07) is 3.59. The maximum Gasteiger partial charge on any atom is 0.271 e. The van der Waals surface area contributed by atoms with Crippen molar-refractivity contribution >= 4 is 31.6 Å². The van der Waals surface area contributed by atoms with Gasteiger partial charge in [0.05, 0.1) is 9.82 Å². The van der Waals surface area contributed by atoms with Crippen molar-refractivity contribution in [2.24, 2.45) is 0 Å². The highest BCUT2D eigenvalue weighted by molar-refractivity contribution is 9.10. The molecule has 0 aliphatic carbocycles. The molecule has 6 nitrogen and oxygen atoms in total. The molecule has 0 saturated heterocycles. The molecular formula is C8H9BrN2O4S. The second-order valence-electron chi connectivity index (χ2n) is 3.19. The smallest absolute Gasteiger partial charge is 0.258 e. The highest BCUT2D eigenvalue weighted by Gasteiger charge is 2.21. The molecule has 0 radical (unpaired) electrons. The van der Waals surface area contributed by atoms with E-state index in [1.807, 2.05) is 0 Å². The molecule has 1 aromatic carbocycles. The van der Waals surface area contributed by atoms with Crippen LogP contribution in [0.5, 0.6) is 0 Å². The Balaban J connectivity index is 3.42. The fourth-order valence-electron chi connectivity index (χ4n) is 1.01. The summed E-state index contributed by atoms with van der Waals surface area (Å²) < 4.78 is 24.8. The minimum absolute atomic E-state index is 0.112. The van der Waals surface area contributed by atoms with Crippen LogP contribution in [-0.2, 0) is 10.0 Å². The standard InChI is InChI=1S/C8H9BrN2O4S/c1-10(2)16(14,15)8-4-6(9)3-7(5-8)11(12)13/h3-5H,1-2H3. The molecule has 0 unspecified atom stereocenters. The third-order valence-corrected chi connectivity index (χ3v) is 4.10. The van der Waals surface area contributed by atoms with Crippen molar-refractivity contribution in [1.82, 2.24) is 4.31 Å². The Bertz CT molecular complexity index is 527. The first-order valence-corrected chi connectivity index (χ1v) is 6.36. The summed E-state index contributed by atoms with van der Waals surface area (Å²) in [5.41, 5.74) is -0.269. The van der Waals surface area contributed by atoms with Crippen LogP contribution in [0.2, 0.25) is 0 Å². The Hall–Kier alpha value is -0.990. The first kappa shape index (κ1) is 13.1. The molecule has 0 N–H and O–H groups in total. The van der Waals surface area contributed by atoms with Gasteiger partial charge in [0.2, 0.25) is 10.0 Å². The molecule has 1 aromatic rings. The van der Waals surface area contributed by atoms with Gasteiger partial charge in [0, 0.05) is 30.7 Å². The number of hydrogen-bond acceptors (Lipinski definition) is 4. The molecule has 1 rings (SSSR count). The number of nitro benzene ring substituents is 1. The zero-order chi connectivity index (χ0) is 12.5. The lowest BCUT2D eigenvalue weighted by atomic mass is 10.3. The molecule has 88 valence electrons. The second-order valence-corrected chi connectivity index (χ2v) is 6.26. The molecule has 8 heteroatoms. The fraction of sp³-hybridized carbons (Fsp3) is 0.250. The minimum Gasteiger partial charge on any atom is -0.258 e. The van der Waals surface area contributed by atoms with E-state index in [4.69, 9.17) is 0 Å². The molecule has 0 heterocycles. The van der Waals surface area contributed by atoms with Crippen molar-refractivity contribution in [2.45, 2.75) is 4.90 Å². The predicted molar refractivity (Wildman–Crippen MR) is 61.7 cm³/mol. The van der Waals surface area contributed by atoms with Gasteiger partial charge in [-0.2, -0.15) is 0 Å². The Labute approximate surface area is 101 Å². The normalized spacial score (nSPS) is 11.8. The maximum atomic E-state index is 11.7. The number of nitrogens with zero attached hydrogens (tertiary/aromatic N) is 2. The topological polar surface area (TPSA) is 80.5 Å². The van der Waals surface area contributed by atoms with Gasteiger partial charge in [-0.25, -0.2) is 12.7 Å². The Morgan fingerprint density at radius 3 is 2.31 bits per heavy atom. The second kappa shape index (κ2) is 4.48. The number of rotatable bonds is 3. The van der Waals surface area contributed by atoms with Gasteiger partial charge in [0.1, 0.15) is 0 Å². The van der Waals surface area contributed by atoms with Crippen molar-refractivity contribution in [2.75, 3.05) is 14.1 Å². The average molecular weight is 309 g/mol. The van der Waals surface area contributed by atoms with Crippen LogP contribution in [0.25, 0.3) is 0 Å². The Morgan fingerprint density at radius 1 is 1.31 bits per heavy atom. The van der Waals surface area contributed by atoms with E-state index in [-0.39, 0.29) is 10.6 Å². The van der Waals surface area contributed by atoms with E-state index in [2.05, 4.69) is 15.9 Å². The summed E-state index contributed by atoms with van der Waals surface area (Å²) in [4.78, 5) is 9.83. The highest BCUT2D eigenvalue weighted by atomic mass is 79.9. The molecular weight excluding hydrogens is 300 g/mol. The summed E-state index contributed by atoms with van der Waals surface area (Å²) in [7, 11) is -0.930. The van der Waals surface area contributed by atoms with E-state index in [0.29, 0.717) is 4.47 Å². The van der Waals surface area contributed by atoms with Crippen LogP contribution < -0.4 is 0 Å². The van der Waals surface area contributed by atoms with Gasteiger partial charge in [-0.1, -0.05) is 15.9 Å². The van der Waals surface area contributed by atoms with Crippen molar-refractivity contribution in [3.8, 4) is 0 Å². The van der Waals surface area contributed by atoms with Gasteiger partial charge in [-0.3, -0.25) is 10.1 Å². The maximum absolute atomic E-state index is 11.7.